The fourth-order valence-corrected chi connectivity index (χ4v) is 1.78. The molecule has 0 saturated carbocycles. The summed E-state index contributed by atoms with van der Waals surface area (Å²) in [5, 5.41) is -1.44. The zero-order chi connectivity index (χ0) is 10.2. The third kappa shape index (κ3) is 4.30. The molecular weight excluding hydrogens is 285 g/mol. The summed E-state index contributed by atoms with van der Waals surface area (Å²) >= 11 is 34.5. The molecular formula is C6H8Cl6. The van der Waals surface area contributed by atoms with Crippen molar-refractivity contribution in [1.29, 1.82) is 0 Å². The molecule has 2 unspecified atom stereocenters. The summed E-state index contributed by atoms with van der Waals surface area (Å²) in [7, 11) is 0. The SMILES string of the molecule is CC(Cl)(Cl)C(Cl)C(Cl)C(C)(Cl)Cl. The monoisotopic (exact) mass is 290 g/mol. The van der Waals surface area contributed by atoms with Crippen LogP contribution in [0.15, 0.2) is 0 Å². The van der Waals surface area contributed by atoms with Crippen LogP contribution in [0, 0.1) is 0 Å². The van der Waals surface area contributed by atoms with E-state index in [0.717, 1.165) is 0 Å². The van der Waals surface area contributed by atoms with Crippen LogP contribution in [0.3, 0.4) is 0 Å². The van der Waals surface area contributed by atoms with Crippen molar-refractivity contribution in [2.75, 3.05) is 0 Å². The fourth-order valence-electron chi connectivity index (χ4n) is 0.514. The van der Waals surface area contributed by atoms with Gasteiger partial charge in [0, 0.05) is 0 Å². The van der Waals surface area contributed by atoms with Crippen LogP contribution in [0.4, 0.5) is 0 Å². The first-order chi connectivity index (χ1) is 5.07. The van der Waals surface area contributed by atoms with E-state index in [0.29, 0.717) is 0 Å². The van der Waals surface area contributed by atoms with E-state index in [1.54, 1.807) is 0 Å². The minimum Gasteiger partial charge on any atom is -0.118 e. The van der Waals surface area contributed by atoms with Gasteiger partial charge < -0.3 is 0 Å². The van der Waals surface area contributed by atoms with E-state index in [4.69, 9.17) is 69.6 Å². The summed E-state index contributed by atoms with van der Waals surface area (Å²) in [6.07, 6.45) is 0. The van der Waals surface area contributed by atoms with Crippen LogP contribution in [-0.4, -0.2) is 19.4 Å². The van der Waals surface area contributed by atoms with Gasteiger partial charge in [0.05, 0.1) is 10.8 Å². The molecule has 2 atom stereocenters. The Morgan fingerprint density at radius 1 is 0.750 bits per heavy atom. The standard InChI is InChI=1S/C6H8Cl6/c1-5(9,10)3(7)4(8)6(2,11)12/h3-4H,1-2H3. The van der Waals surface area contributed by atoms with Gasteiger partial charge in [-0.3, -0.25) is 0 Å². The van der Waals surface area contributed by atoms with Crippen LogP contribution in [0.1, 0.15) is 13.8 Å². The molecule has 0 aliphatic rings. The lowest BCUT2D eigenvalue weighted by atomic mass is 10.2. The van der Waals surface area contributed by atoms with Gasteiger partial charge in [-0.1, -0.05) is 0 Å². The molecule has 0 radical (unpaired) electrons. The molecule has 0 nitrogen and oxygen atoms in total. The Morgan fingerprint density at radius 2 is 0.917 bits per heavy atom. The molecule has 0 heterocycles. The Hall–Kier alpha value is 1.74. The zero-order valence-corrected chi connectivity index (χ0v) is 11.0. The highest BCUT2D eigenvalue weighted by Crippen LogP contribution is 2.40. The van der Waals surface area contributed by atoms with Gasteiger partial charge >= 0.3 is 0 Å². The summed E-state index contributed by atoms with van der Waals surface area (Å²) in [5.74, 6) is 0. The molecule has 0 saturated heterocycles. The molecule has 0 aromatic carbocycles. The largest absolute Gasteiger partial charge is 0.133 e. The average Bonchev–Trinajstić information content (AvgIpc) is 1.80. The van der Waals surface area contributed by atoms with E-state index in [-0.39, 0.29) is 0 Å². The second-order valence-corrected chi connectivity index (χ2v) is 7.18. The molecule has 0 aliphatic heterocycles. The second-order valence-electron chi connectivity index (χ2n) is 2.72. The quantitative estimate of drug-likeness (QED) is 0.668. The molecule has 0 bridgehead atoms. The van der Waals surface area contributed by atoms with Crippen molar-refractivity contribution in [3.8, 4) is 0 Å². The highest BCUT2D eigenvalue weighted by atomic mass is 35.5. The van der Waals surface area contributed by atoms with Gasteiger partial charge in [0.1, 0.15) is 8.67 Å². The van der Waals surface area contributed by atoms with Crippen molar-refractivity contribution < 1.29 is 0 Å². The first-order valence-corrected chi connectivity index (χ1v) is 5.49. The number of hydrogen-bond acceptors (Lipinski definition) is 0. The highest BCUT2D eigenvalue weighted by molar-refractivity contribution is 6.56. The molecule has 74 valence electrons. The van der Waals surface area contributed by atoms with Gasteiger partial charge in [-0.2, -0.15) is 0 Å². The molecule has 0 aromatic rings. The average molecular weight is 293 g/mol. The highest BCUT2D eigenvalue weighted by Gasteiger charge is 2.42. The Morgan fingerprint density at radius 3 is 1.00 bits per heavy atom. The van der Waals surface area contributed by atoms with Gasteiger partial charge in [-0.05, 0) is 13.8 Å². The molecule has 12 heavy (non-hydrogen) atoms. The summed E-state index contributed by atoms with van der Waals surface area (Å²) in [5.41, 5.74) is 0. The summed E-state index contributed by atoms with van der Waals surface area (Å²) in [4.78, 5) is 0. The van der Waals surface area contributed by atoms with Crippen LogP contribution in [0.5, 0.6) is 0 Å². The van der Waals surface area contributed by atoms with Crippen molar-refractivity contribution in [3.63, 3.8) is 0 Å². The summed E-state index contributed by atoms with van der Waals surface area (Å²) < 4.78 is -2.31. The van der Waals surface area contributed by atoms with Crippen molar-refractivity contribution in [2.45, 2.75) is 33.3 Å². The van der Waals surface area contributed by atoms with Crippen LogP contribution in [0.25, 0.3) is 0 Å². The van der Waals surface area contributed by atoms with Gasteiger partial charge in [0.2, 0.25) is 0 Å². The van der Waals surface area contributed by atoms with Gasteiger partial charge in [0.15, 0.2) is 0 Å². The fraction of sp³-hybridized carbons (Fsp3) is 1.00. The van der Waals surface area contributed by atoms with E-state index in [2.05, 4.69) is 0 Å². The number of rotatable bonds is 3. The maximum Gasteiger partial charge on any atom is 0.133 e. The topological polar surface area (TPSA) is 0 Å². The molecule has 0 spiro atoms. The second kappa shape index (κ2) is 4.51. The molecule has 0 N–H and O–H groups in total. The first kappa shape index (κ1) is 13.7. The molecule has 0 aromatic heterocycles. The minimum atomic E-state index is -1.15. The van der Waals surface area contributed by atoms with Gasteiger partial charge in [0.25, 0.3) is 0 Å². The van der Waals surface area contributed by atoms with Crippen LogP contribution in [-0.2, 0) is 0 Å². The van der Waals surface area contributed by atoms with E-state index in [9.17, 15) is 0 Å². The Labute approximate surface area is 102 Å². The van der Waals surface area contributed by atoms with Crippen LogP contribution in [0.2, 0.25) is 0 Å². The third-order valence-electron chi connectivity index (χ3n) is 1.23. The molecule has 0 aliphatic carbocycles. The summed E-state index contributed by atoms with van der Waals surface area (Å²) in [6, 6.07) is 0. The first-order valence-electron chi connectivity index (χ1n) is 3.10. The predicted octanol–water partition coefficient (Wildman–Crippen LogP) is 4.59. The maximum atomic E-state index is 5.83. The molecule has 0 rings (SSSR count). The normalized spacial score (nSPS) is 19.0. The number of halogens is 6. The number of hydrogen-bond donors (Lipinski definition) is 0. The minimum absolute atomic E-state index is 0.720. The van der Waals surface area contributed by atoms with Crippen molar-refractivity contribution in [1.82, 2.24) is 0 Å². The third-order valence-corrected chi connectivity index (χ3v) is 4.12. The maximum absolute atomic E-state index is 5.83. The van der Waals surface area contributed by atoms with Crippen molar-refractivity contribution in [2.24, 2.45) is 0 Å². The van der Waals surface area contributed by atoms with Crippen LogP contribution >= 0.6 is 69.6 Å². The lowest BCUT2D eigenvalue weighted by Crippen LogP contribution is -2.40. The smallest absolute Gasteiger partial charge is 0.118 e. The predicted molar refractivity (Wildman–Crippen MR) is 59.5 cm³/mol. The van der Waals surface area contributed by atoms with E-state index in [1.165, 1.54) is 13.8 Å². The Bertz CT molecular complexity index is 125. The van der Waals surface area contributed by atoms with Crippen molar-refractivity contribution in [3.05, 3.63) is 0 Å². The summed E-state index contributed by atoms with van der Waals surface area (Å²) in [6.45, 7) is 3.06. The Balaban J connectivity index is 4.41. The lowest BCUT2D eigenvalue weighted by molar-refractivity contribution is 0.663. The van der Waals surface area contributed by atoms with Gasteiger partial charge in [-0.15, -0.1) is 69.6 Å². The van der Waals surface area contributed by atoms with Crippen molar-refractivity contribution >= 4 is 69.6 Å². The van der Waals surface area contributed by atoms with E-state index < -0.39 is 19.4 Å². The molecule has 6 heteroatoms. The zero-order valence-electron chi connectivity index (χ0n) is 6.42. The number of alkyl halides is 6. The van der Waals surface area contributed by atoms with Crippen LogP contribution < -0.4 is 0 Å². The lowest BCUT2D eigenvalue weighted by Gasteiger charge is -2.30. The van der Waals surface area contributed by atoms with E-state index >= 15 is 0 Å². The molecule has 0 fully saturated rings. The van der Waals surface area contributed by atoms with Gasteiger partial charge in [-0.25, -0.2) is 0 Å². The molecule has 0 amide bonds. The Kier molecular flexibility index (Phi) is 5.16. The van der Waals surface area contributed by atoms with E-state index in [1.807, 2.05) is 0 Å².